The summed E-state index contributed by atoms with van der Waals surface area (Å²) in [6.07, 6.45) is 9.61. The van der Waals surface area contributed by atoms with Gasteiger partial charge < -0.3 is 9.13 Å². The number of aromatic nitrogens is 2. The van der Waals surface area contributed by atoms with Crippen molar-refractivity contribution >= 4 is 0 Å². The van der Waals surface area contributed by atoms with Gasteiger partial charge in [-0.05, 0) is 72.9 Å². The summed E-state index contributed by atoms with van der Waals surface area (Å²) >= 11 is 0. The fraction of sp³-hybridized carbons (Fsp3) is 0.286. The Hall–Kier alpha value is -3.00. The molecule has 0 amide bonds. The van der Waals surface area contributed by atoms with Gasteiger partial charge in [0.25, 0.3) is 0 Å². The third kappa shape index (κ3) is 4.14. The number of hydrogen-bond donors (Lipinski definition) is 0. The molecule has 152 valence electrons. The third-order valence-electron chi connectivity index (χ3n) is 6.68. The standard InChI is InChI=1S/C28H30N2/c1-3-9-23(10-4-1)21-29-19-7-13-27(29)25-15-17-26(18-16-25)28-14-8-20-30(28)22-24-11-5-2-6-12-24/h1-14,19-20,25-26H,15-18,21-22H2. The van der Waals surface area contributed by atoms with Crippen LogP contribution in [-0.2, 0) is 13.1 Å². The Balaban J connectivity index is 1.25. The zero-order valence-electron chi connectivity index (χ0n) is 17.5. The van der Waals surface area contributed by atoms with Crippen LogP contribution in [-0.4, -0.2) is 9.13 Å². The van der Waals surface area contributed by atoms with E-state index in [2.05, 4.69) is 106 Å². The molecule has 0 radical (unpaired) electrons. The molecule has 0 aliphatic heterocycles. The first kappa shape index (κ1) is 19.0. The average Bonchev–Trinajstić information content (AvgIpc) is 3.45. The number of hydrogen-bond acceptors (Lipinski definition) is 0. The van der Waals surface area contributed by atoms with Gasteiger partial charge in [0.2, 0.25) is 0 Å². The lowest BCUT2D eigenvalue weighted by Gasteiger charge is -2.30. The van der Waals surface area contributed by atoms with Gasteiger partial charge in [0.05, 0.1) is 0 Å². The van der Waals surface area contributed by atoms with Crippen LogP contribution in [0.3, 0.4) is 0 Å². The van der Waals surface area contributed by atoms with Crippen LogP contribution >= 0.6 is 0 Å². The van der Waals surface area contributed by atoms with E-state index in [1.165, 1.54) is 48.2 Å². The summed E-state index contributed by atoms with van der Waals surface area (Å²) in [6, 6.07) is 30.7. The van der Waals surface area contributed by atoms with Crippen molar-refractivity contribution < 1.29 is 0 Å². The molecule has 0 atom stereocenters. The largest absolute Gasteiger partial charge is 0.347 e. The minimum Gasteiger partial charge on any atom is -0.347 e. The van der Waals surface area contributed by atoms with Gasteiger partial charge in [-0.1, -0.05) is 60.7 Å². The molecule has 1 aliphatic carbocycles. The van der Waals surface area contributed by atoms with Crippen LogP contribution in [0.15, 0.2) is 97.3 Å². The molecule has 0 spiro atoms. The van der Waals surface area contributed by atoms with Crippen LogP contribution in [0.2, 0.25) is 0 Å². The van der Waals surface area contributed by atoms with Crippen molar-refractivity contribution in [3.63, 3.8) is 0 Å². The molecule has 2 aromatic heterocycles. The maximum atomic E-state index is 2.46. The summed E-state index contributed by atoms with van der Waals surface area (Å²) in [5.41, 5.74) is 5.78. The fourth-order valence-corrected chi connectivity index (χ4v) is 5.13. The maximum absolute atomic E-state index is 2.46. The molecule has 1 fully saturated rings. The summed E-state index contributed by atoms with van der Waals surface area (Å²) in [5, 5.41) is 0. The zero-order chi connectivity index (χ0) is 20.2. The predicted molar refractivity (Wildman–Crippen MR) is 124 cm³/mol. The normalized spacial score (nSPS) is 19.1. The highest BCUT2D eigenvalue weighted by molar-refractivity contribution is 5.23. The highest BCUT2D eigenvalue weighted by Gasteiger charge is 2.26. The van der Waals surface area contributed by atoms with Gasteiger partial charge in [-0.25, -0.2) is 0 Å². The summed E-state index contributed by atoms with van der Waals surface area (Å²) in [5.74, 6) is 1.36. The molecule has 1 saturated carbocycles. The van der Waals surface area contributed by atoms with Crippen LogP contribution in [0.1, 0.15) is 60.0 Å². The molecule has 2 nitrogen and oxygen atoms in total. The van der Waals surface area contributed by atoms with E-state index in [0.717, 1.165) is 13.1 Å². The fourth-order valence-electron chi connectivity index (χ4n) is 5.13. The maximum Gasteiger partial charge on any atom is 0.0472 e. The molecule has 2 aromatic carbocycles. The summed E-state index contributed by atoms with van der Waals surface area (Å²) in [4.78, 5) is 0. The Morgan fingerprint density at radius 3 is 1.30 bits per heavy atom. The number of benzene rings is 2. The van der Waals surface area contributed by atoms with Crippen LogP contribution in [0.25, 0.3) is 0 Å². The van der Waals surface area contributed by atoms with Crippen molar-refractivity contribution in [1.29, 1.82) is 0 Å². The lowest BCUT2D eigenvalue weighted by Crippen LogP contribution is -2.17. The van der Waals surface area contributed by atoms with E-state index in [0.29, 0.717) is 11.8 Å². The number of nitrogens with zero attached hydrogens (tertiary/aromatic N) is 2. The van der Waals surface area contributed by atoms with E-state index in [1.807, 2.05) is 0 Å². The molecule has 4 aromatic rings. The minimum absolute atomic E-state index is 0.678. The van der Waals surface area contributed by atoms with Crippen molar-refractivity contribution in [2.45, 2.75) is 50.6 Å². The van der Waals surface area contributed by atoms with Crippen molar-refractivity contribution in [1.82, 2.24) is 9.13 Å². The van der Waals surface area contributed by atoms with E-state index < -0.39 is 0 Å². The number of rotatable bonds is 6. The Kier molecular flexibility index (Phi) is 5.56. The monoisotopic (exact) mass is 394 g/mol. The molecule has 30 heavy (non-hydrogen) atoms. The zero-order valence-corrected chi connectivity index (χ0v) is 17.5. The molecule has 2 heteroatoms. The second-order valence-electron chi connectivity index (χ2n) is 8.64. The summed E-state index contributed by atoms with van der Waals surface area (Å²) in [7, 11) is 0. The van der Waals surface area contributed by atoms with Crippen molar-refractivity contribution in [3.05, 3.63) is 120 Å². The highest BCUT2D eigenvalue weighted by atomic mass is 15.0. The second kappa shape index (κ2) is 8.79. The molecule has 0 bridgehead atoms. The first-order valence-corrected chi connectivity index (χ1v) is 11.2. The molecule has 0 unspecified atom stereocenters. The Morgan fingerprint density at radius 1 is 0.500 bits per heavy atom. The van der Waals surface area contributed by atoms with E-state index in [-0.39, 0.29) is 0 Å². The van der Waals surface area contributed by atoms with E-state index >= 15 is 0 Å². The lowest BCUT2D eigenvalue weighted by atomic mass is 9.79. The Bertz CT molecular complexity index is 962. The van der Waals surface area contributed by atoms with Crippen molar-refractivity contribution in [3.8, 4) is 0 Å². The molecular weight excluding hydrogens is 364 g/mol. The van der Waals surface area contributed by atoms with Gasteiger partial charge in [0.1, 0.15) is 0 Å². The minimum atomic E-state index is 0.678. The molecule has 2 heterocycles. The molecule has 5 rings (SSSR count). The first-order valence-electron chi connectivity index (χ1n) is 11.2. The Morgan fingerprint density at radius 2 is 0.900 bits per heavy atom. The van der Waals surface area contributed by atoms with Crippen LogP contribution < -0.4 is 0 Å². The van der Waals surface area contributed by atoms with Gasteiger partial charge in [-0.15, -0.1) is 0 Å². The predicted octanol–water partition coefficient (Wildman–Crippen LogP) is 6.83. The van der Waals surface area contributed by atoms with Gasteiger partial charge in [-0.2, -0.15) is 0 Å². The highest BCUT2D eigenvalue weighted by Crippen LogP contribution is 2.41. The van der Waals surface area contributed by atoms with Crippen LogP contribution in [0.5, 0.6) is 0 Å². The Labute approximate surface area is 179 Å². The van der Waals surface area contributed by atoms with Crippen molar-refractivity contribution in [2.24, 2.45) is 0 Å². The topological polar surface area (TPSA) is 9.86 Å². The molecule has 0 saturated heterocycles. The lowest BCUT2D eigenvalue weighted by molar-refractivity contribution is 0.373. The molecule has 0 N–H and O–H groups in total. The molecular formula is C28H30N2. The van der Waals surface area contributed by atoms with Gasteiger partial charge in [0.15, 0.2) is 0 Å². The van der Waals surface area contributed by atoms with Gasteiger partial charge in [0, 0.05) is 36.9 Å². The quantitative estimate of drug-likeness (QED) is 0.339. The van der Waals surface area contributed by atoms with Gasteiger partial charge in [-0.3, -0.25) is 0 Å². The van der Waals surface area contributed by atoms with Crippen molar-refractivity contribution in [2.75, 3.05) is 0 Å². The average molecular weight is 395 g/mol. The second-order valence-corrected chi connectivity index (χ2v) is 8.64. The molecule has 1 aliphatic rings. The summed E-state index contributed by atoms with van der Waals surface area (Å²) in [6.45, 7) is 1.95. The SMILES string of the molecule is c1ccc(Cn2cccc2C2CCC(c3cccn3Cc3ccccc3)CC2)cc1. The third-order valence-corrected chi connectivity index (χ3v) is 6.68. The van der Waals surface area contributed by atoms with Crippen LogP contribution in [0.4, 0.5) is 0 Å². The summed E-state index contributed by atoms with van der Waals surface area (Å²) < 4.78 is 4.91. The van der Waals surface area contributed by atoms with E-state index in [4.69, 9.17) is 0 Å². The smallest absolute Gasteiger partial charge is 0.0472 e. The van der Waals surface area contributed by atoms with Crippen LogP contribution in [0, 0.1) is 0 Å². The first-order chi connectivity index (χ1) is 14.9. The van der Waals surface area contributed by atoms with E-state index in [1.54, 1.807) is 0 Å². The van der Waals surface area contributed by atoms with Gasteiger partial charge >= 0.3 is 0 Å². The van der Waals surface area contributed by atoms with E-state index in [9.17, 15) is 0 Å².